The van der Waals surface area contributed by atoms with Gasteiger partial charge in [0.05, 0.1) is 12.1 Å². The third kappa shape index (κ3) is 3.99. The van der Waals surface area contributed by atoms with Gasteiger partial charge < -0.3 is 4.98 Å². The van der Waals surface area contributed by atoms with Crippen LogP contribution in [0.2, 0.25) is 5.02 Å². The summed E-state index contributed by atoms with van der Waals surface area (Å²) in [6, 6.07) is 11.7. The van der Waals surface area contributed by atoms with E-state index in [0.717, 1.165) is 22.5 Å². The number of H-pyrrole nitrogens is 1. The van der Waals surface area contributed by atoms with Crippen LogP contribution in [0.3, 0.4) is 0 Å². The molecule has 3 aromatic heterocycles. The van der Waals surface area contributed by atoms with Crippen LogP contribution < -0.4 is 5.56 Å². The van der Waals surface area contributed by atoms with E-state index >= 15 is 0 Å². The van der Waals surface area contributed by atoms with E-state index in [0.29, 0.717) is 22.1 Å². The molecule has 138 valence electrons. The highest BCUT2D eigenvalue weighted by atomic mass is 35.5. The second kappa shape index (κ2) is 7.56. The maximum absolute atomic E-state index is 12.5. The topological polar surface area (TPSA) is 49.0 Å². The molecular weight excluding hydrogens is 398 g/mol. The molecule has 7 heteroatoms. The van der Waals surface area contributed by atoms with E-state index in [1.807, 2.05) is 37.4 Å². The highest BCUT2D eigenvalue weighted by Crippen LogP contribution is 2.31. The Morgan fingerprint density at radius 2 is 1.96 bits per heavy atom. The lowest BCUT2D eigenvalue weighted by molar-refractivity contribution is 0.313. The van der Waals surface area contributed by atoms with E-state index < -0.39 is 0 Å². The fourth-order valence-electron chi connectivity index (χ4n) is 2.94. The summed E-state index contributed by atoms with van der Waals surface area (Å²) in [4.78, 5) is 24.7. The molecule has 1 N–H and O–H groups in total. The summed E-state index contributed by atoms with van der Waals surface area (Å²) in [6.45, 7) is 3.55. The van der Waals surface area contributed by atoms with Crippen molar-refractivity contribution in [2.45, 2.75) is 20.0 Å². The highest BCUT2D eigenvalue weighted by Gasteiger charge is 2.12. The molecule has 0 aliphatic carbocycles. The van der Waals surface area contributed by atoms with Gasteiger partial charge in [-0.2, -0.15) is 0 Å². The maximum atomic E-state index is 12.5. The molecule has 0 aliphatic rings. The first kappa shape index (κ1) is 18.4. The highest BCUT2D eigenvalue weighted by molar-refractivity contribution is 7.22. The van der Waals surface area contributed by atoms with Crippen molar-refractivity contribution in [3.05, 3.63) is 73.4 Å². The van der Waals surface area contributed by atoms with Gasteiger partial charge in [0.2, 0.25) is 0 Å². The smallest absolute Gasteiger partial charge is 0.268 e. The Kier molecular flexibility index (Phi) is 5.14. The Bertz CT molecular complexity index is 1140. The number of fused-ring (bicyclic) bond motifs is 1. The van der Waals surface area contributed by atoms with Gasteiger partial charge in [-0.05, 0) is 54.7 Å². The Morgan fingerprint density at radius 3 is 2.67 bits per heavy atom. The number of rotatable bonds is 5. The monoisotopic (exact) mass is 415 g/mol. The second-order valence-electron chi connectivity index (χ2n) is 6.54. The number of aryl methyl sites for hydroxylation is 1. The van der Waals surface area contributed by atoms with Gasteiger partial charge in [-0.25, -0.2) is 4.98 Å². The molecule has 3 heterocycles. The average molecular weight is 416 g/mol. The molecule has 0 saturated carbocycles. The van der Waals surface area contributed by atoms with Gasteiger partial charge in [0, 0.05) is 21.3 Å². The molecule has 0 fully saturated rings. The van der Waals surface area contributed by atoms with Gasteiger partial charge in [-0.15, -0.1) is 22.7 Å². The standard InChI is InChI=1S/C20H18ClN3OS2/c1-12-7-8-26-17(12)10-24(2)11-18-22-15-9-16(27-19(15)20(25)23-18)13-3-5-14(21)6-4-13/h3-9H,10-11H2,1-2H3,(H,22,23,25). The largest absolute Gasteiger partial charge is 0.308 e. The van der Waals surface area contributed by atoms with E-state index in [-0.39, 0.29) is 5.56 Å². The predicted molar refractivity (Wildman–Crippen MR) is 115 cm³/mol. The lowest BCUT2D eigenvalue weighted by atomic mass is 10.2. The summed E-state index contributed by atoms with van der Waals surface area (Å²) >= 11 is 9.17. The van der Waals surface area contributed by atoms with Crippen LogP contribution in [0.4, 0.5) is 0 Å². The predicted octanol–water partition coefficient (Wildman–Crippen LogP) is 5.31. The van der Waals surface area contributed by atoms with E-state index in [4.69, 9.17) is 11.6 Å². The zero-order valence-electron chi connectivity index (χ0n) is 15.0. The Balaban J connectivity index is 1.60. The van der Waals surface area contributed by atoms with Crippen molar-refractivity contribution in [3.8, 4) is 10.4 Å². The van der Waals surface area contributed by atoms with Crippen molar-refractivity contribution in [1.29, 1.82) is 0 Å². The molecule has 0 aliphatic heterocycles. The minimum atomic E-state index is -0.0825. The molecule has 0 radical (unpaired) electrons. The fourth-order valence-corrected chi connectivity index (χ4v) is 5.05. The van der Waals surface area contributed by atoms with Crippen LogP contribution in [0, 0.1) is 6.92 Å². The van der Waals surface area contributed by atoms with Crippen molar-refractivity contribution in [1.82, 2.24) is 14.9 Å². The molecule has 4 nitrogen and oxygen atoms in total. The molecule has 27 heavy (non-hydrogen) atoms. The molecular formula is C20H18ClN3OS2. The first-order chi connectivity index (χ1) is 13.0. The molecule has 4 aromatic rings. The first-order valence-corrected chi connectivity index (χ1v) is 10.6. The zero-order chi connectivity index (χ0) is 19.0. The maximum Gasteiger partial charge on any atom is 0.268 e. The second-order valence-corrected chi connectivity index (χ2v) is 9.03. The summed E-state index contributed by atoms with van der Waals surface area (Å²) in [5.41, 5.74) is 2.99. The summed E-state index contributed by atoms with van der Waals surface area (Å²) in [6.07, 6.45) is 0. The minimum Gasteiger partial charge on any atom is -0.308 e. The number of nitrogens with one attached hydrogen (secondary N) is 1. The minimum absolute atomic E-state index is 0.0825. The summed E-state index contributed by atoms with van der Waals surface area (Å²) in [7, 11) is 2.04. The molecule has 0 amide bonds. The van der Waals surface area contributed by atoms with E-state index in [1.54, 1.807) is 11.3 Å². The number of nitrogens with zero attached hydrogens (tertiary/aromatic N) is 2. The lowest BCUT2D eigenvalue weighted by Gasteiger charge is -2.15. The average Bonchev–Trinajstić information content (AvgIpc) is 3.22. The number of aromatic nitrogens is 2. The van der Waals surface area contributed by atoms with Crippen molar-refractivity contribution in [2.75, 3.05) is 7.05 Å². The molecule has 0 saturated heterocycles. The molecule has 4 rings (SSSR count). The first-order valence-electron chi connectivity index (χ1n) is 8.50. The van der Waals surface area contributed by atoms with Gasteiger partial charge in [-0.1, -0.05) is 23.7 Å². The SMILES string of the molecule is Cc1ccsc1CN(C)Cc1nc2cc(-c3ccc(Cl)cc3)sc2c(=O)[nH]1. The van der Waals surface area contributed by atoms with Gasteiger partial charge in [0.25, 0.3) is 5.56 Å². The normalized spacial score (nSPS) is 11.6. The van der Waals surface area contributed by atoms with Crippen LogP contribution >= 0.6 is 34.3 Å². The fraction of sp³-hybridized carbons (Fsp3) is 0.200. The molecule has 0 atom stereocenters. The Morgan fingerprint density at radius 1 is 1.19 bits per heavy atom. The zero-order valence-corrected chi connectivity index (χ0v) is 17.3. The van der Waals surface area contributed by atoms with Crippen LogP contribution in [0.25, 0.3) is 20.7 Å². The number of hydrogen-bond donors (Lipinski definition) is 1. The van der Waals surface area contributed by atoms with E-state index in [1.165, 1.54) is 21.8 Å². The summed E-state index contributed by atoms with van der Waals surface area (Å²) in [5.74, 6) is 0.685. The van der Waals surface area contributed by atoms with Gasteiger partial charge in [0.1, 0.15) is 10.5 Å². The van der Waals surface area contributed by atoms with Gasteiger partial charge >= 0.3 is 0 Å². The number of benzene rings is 1. The van der Waals surface area contributed by atoms with Crippen LogP contribution in [0.15, 0.2) is 46.6 Å². The van der Waals surface area contributed by atoms with Gasteiger partial charge in [-0.3, -0.25) is 9.69 Å². The Hall–Kier alpha value is -1.99. The Labute approximate surface area is 170 Å². The number of hydrogen-bond acceptors (Lipinski definition) is 5. The van der Waals surface area contributed by atoms with Crippen LogP contribution in [0.5, 0.6) is 0 Å². The lowest BCUT2D eigenvalue weighted by Crippen LogP contribution is -2.21. The number of aromatic amines is 1. The molecule has 0 spiro atoms. The van der Waals surface area contributed by atoms with E-state index in [2.05, 4.69) is 33.2 Å². The molecule has 1 aromatic carbocycles. The van der Waals surface area contributed by atoms with Gasteiger partial charge in [0.15, 0.2) is 0 Å². The molecule has 0 unspecified atom stereocenters. The molecule has 0 bridgehead atoms. The van der Waals surface area contributed by atoms with Crippen molar-refractivity contribution >= 4 is 44.5 Å². The van der Waals surface area contributed by atoms with E-state index in [9.17, 15) is 4.79 Å². The number of thiophene rings is 2. The van der Waals surface area contributed by atoms with Crippen LogP contribution in [-0.2, 0) is 13.1 Å². The van der Waals surface area contributed by atoms with Crippen LogP contribution in [0.1, 0.15) is 16.3 Å². The summed E-state index contributed by atoms with van der Waals surface area (Å²) < 4.78 is 0.653. The third-order valence-electron chi connectivity index (χ3n) is 4.36. The van der Waals surface area contributed by atoms with Crippen molar-refractivity contribution in [2.24, 2.45) is 0 Å². The van der Waals surface area contributed by atoms with Crippen molar-refractivity contribution < 1.29 is 0 Å². The quantitative estimate of drug-likeness (QED) is 0.480. The number of halogens is 1. The summed E-state index contributed by atoms with van der Waals surface area (Å²) in [5, 5.41) is 2.80. The third-order valence-corrected chi connectivity index (χ3v) is 6.79. The van der Waals surface area contributed by atoms with Crippen molar-refractivity contribution in [3.63, 3.8) is 0 Å². The van der Waals surface area contributed by atoms with Crippen LogP contribution in [-0.4, -0.2) is 21.9 Å².